The number of hydrogen-bond acceptors (Lipinski definition) is 4. The Morgan fingerprint density at radius 3 is 3.16 bits per heavy atom. The lowest BCUT2D eigenvalue weighted by Gasteiger charge is -2.22. The van der Waals surface area contributed by atoms with E-state index in [4.69, 9.17) is 9.47 Å². The van der Waals surface area contributed by atoms with Crippen LogP contribution in [0.25, 0.3) is 5.82 Å². The van der Waals surface area contributed by atoms with Crippen molar-refractivity contribution in [2.24, 2.45) is 0 Å². The Balaban J connectivity index is 1.63. The third-order valence-corrected chi connectivity index (χ3v) is 3.12. The van der Waals surface area contributed by atoms with E-state index in [1.165, 1.54) is 6.42 Å². The fourth-order valence-corrected chi connectivity index (χ4v) is 2.11. The summed E-state index contributed by atoms with van der Waals surface area (Å²) in [7, 11) is 0. The van der Waals surface area contributed by atoms with Crippen molar-refractivity contribution < 1.29 is 9.47 Å². The quantitative estimate of drug-likeness (QED) is 0.845. The lowest BCUT2D eigenvalue weighted by atomic mass is 10.2. The number of nitrogens with zero attached hydrogens (tertiary/aromatic N) is 3. The highest BCUT2D eigenvalue weighted by atomic mass is 16.7. The maximum Gasteiger partial charge on any atom is 0.158 e. The molecule has 1 atom stereocenters. The van der Waals surface area contributed by atoms with Gasteiger partial charge in [-0.05, 0) is 31.4 Å². The van der Waals surface area contributed by atoms with Gasteiger partial charge in [-0.25, -0.2) is 9.97 Å². The van der Waals surface area contributed by atoms with Crippen LogP contribution in [0.4, 0.5) is 0 Å². The van der Waals surface area contributed by atoms with Gasteiger partial charge >= 0.3 is 0 Å². The van der Waals surface area contributed by atoms with Gasteiger partial charge in [0.25, 0.3) is 0 Å². The number of ether oxygens (including phenoxy) is 2. The van der Waals surface area contributed by atoms with Crippen LogP contribution in [-0.2, 0) is 16.1 Å². The molecule has 1 aliphatic rings. The second-order valence-electron chi connectivity index (χ2n) is 4.56. The Morgan fingerprint density at radius 1 is 1.37 bits per heavy atom. The Labute approximate surface area is 112 Å². The standard InChI is InChI=1S/C14H17N3O2/c1-2-9-18-14(6-1)19-10-12-4-3-5-13(16-12)17-8-7-15-11-17/h3-5,7-8,11,14H,1-2,6,9-10H2. The van der Waals surface area contributed by atoms with Crippen molar-refractivity contribution in [1.29, 1.82) is 0 Å². The molecule has 0 bridgehead atoms. The van der Waals surface area contributed by atoms with Crippen LogP contribution in [0, 0.1) is 0 Å². The van der Waals surface area contributed by atoms with E-state index in [0.717, 1.165) is 31.0 Å². The topological polar surface area (TPSA) is 49.2 Å². The van der Waals surface area contributed by atoms with Gasteiger partial charge in [0.1, 0.15) is 12.1 Å². The highest BCUT2D eigenvalue weighted by Gasteiger charge is 2.14. The molecule has 5 heteroatoms. The molecule has 2 aromatic rings. The zero-order chi connectivity index (χ0) is 12.9. The Bertz CT molecular complexity index is 507. The summed E-state index contributed by atoms with van der Waals surface area (Å²) in [5.74, 6) is 0.850. The summed E-state index contributed by atoms with van der Waals surface area (Å²) >= 11 is 0. The first-order valence-electron chi connectivity index (χ1n) is 6.59. The van der Waals surface area contributed by atoms with Crippen molar-refractivity contribution in [2.75, 3.05) is 6.61 Å². The van der Waals surface area contributed by atoms with Crippen LogP contribution < -0.4 is 0 Å². The minimum atomic E-state index is -0.0764. The maximum absolute atomic E-state index is 5.73. The van der Waals surface area contributed by atoms with Crippen LogP contribution in [0.2, 0.25) is 0 Å². The van der Waals surface area contributed by atoms with Crippen LogP contribution >= 0.6 is 0 Å². The van der Waals surface area contributed by atoms with Gasteiger partial charge in [-0.15, -0.1) is 0 Å². The molecule has 5 nitrogen and oxygen atoms in total. The van der Waals surface area contributed by atoms with Gasteiger partial charge in [0.15, 0.2) is 6.29 Å². The smallest absolute Gasteiger partial charge is 0.158 e. The van der Waals surface area contributed by atoms with Gasteiger partial charge in [-0.3, -0.25) is 4.57 Å². The molecule has 1 saturated heterocycles. The molecule has 100 valence electrons. The van der Waals surface area contributed by atoms with Crippen molar-refractivity contribution in [3.8, 4) is 5.82 Å². The SMILES string of the molecule is c1cc(COC2CCCCO2)nc(-n2ccnc2)c1. The van der Waals surface area contributed by atoms with Gasteiger partial charge in [0.05, 0.1) is 12.3 Å². The van der Waals surface area contributed by atoms with E-state index in [-0.39, 0.29) is 6.29 Å². The van der Waals surface area contributed by atoms with Crippen molar-refractivity contribution in [2.45, 2.75) is 32.2 Å². The van der Waals surface area contributed by atoms with Crippen LogP contribution in [0.5, 0.6) is 0 Å². The highest BCUT2D eigenvalue weighted by Crippen LogP contribution is 2.15. The molecule has 1 aliphatic heterocycles. The zero-order valence-corrected chi connectivity index (χ0v) is 10.7. The van der Waals surface area contributed by atoms with E-state index in [1.54, 1.807) is 12.5 Å². The number of rotatable bonds is 4. The van der Waals surface area contributed by atoms with Crippen LogP contribution in [0.1, 0.15) is 25.0 Å². The van der Waals surface area contributed by atoms with E-state index < -0.39 is 0 Å². The summed E-state index contributed by atoms with van der Waals surface area (Å²) in [6, 6.07) is 5.88. The van der Waals surface area contributed by atoms with E-state index in [9.17, 15) is 0 Å². The molecule has 0 spiro atoms. The molecule has 2 aromatic heterocycles. The van der Waals surface area contributed by atoms with E-state index in [0.29, 0.717) is 6.61 Å². The van der Waals surface area contributed by atoms with Gasteiger partial charge in [0.2, 0.25) is 0 Å². The lowest BCUT2D eigenvalue weighted by molar-refractivity contribution is -0.169. The molecular formula is C14H17N3O2. The number of pyridine rings is 1. The predicted molar refractivity (Wildman–Crippen MR) is 69.7 cm³/mol. The van der Waals surface area contributed by atoms with E-state index in [1.807, 2.05) is 29.0 Å². The van der Waals surface area contributed by atoms with Crippen LogP contribution in [0.15, 0.2) is 36.9 Å². The maximum atomic E-state index is 5.73. The largest absolute Gasteiger partial charge is 0.353 e. The molecule has 0 N–H and O–H groups in total. The second-order valence-corrected chi connectivity index (χ2v) is 4.56. The Kier molecular flexibility index (Phi) is 3.86. The van der Waals surface area contributed by atoms with Crippen molar-refractivity contribution in [3.05, 3.63) is 42.6 Å². The minimum Gasteiger partial charge on any atom is -0.353 e. The first-order valence-corrected chi connectivity index (χ1v) is 6.59. The molecule has 0 saturated carbocycles. The third-order valence-electron chi connectivity index (χ3n) is 3.12. The molecule has 3 rings (SSSR count). The summed E-state index contributed by atoms with van der Waals surface area (Å²) in [6.07, 6.45) is 8.55. The Hall–Kier alpha value is -1.72. The van der Waals surface area contributed by atoms with Gasteiger partial charge < -0.3 is 9.47 Å². The molecule has 0 aromatic carbocycles. The van der Waals surface area contributed by atoms with Crippen molar-refractivity contribution >= 4 is 0 Å². The first kappa shape index (κ1) is 12.3. The lowest BCUT2D eigenvalue weighted by Crippen LogP contribution is -2.22. The van der Waals surface area contributed by atoms with Gasteiger partial charge in [-0.2, -0.15) is 0 Å². The summed E-state index contributed by atoms with van der Waals surface area (Å²) in [5.41, 5.74) is 0.903. The summed E-state index contributed by atoms with van der Waals surface area (Å²) in [5, 5.41) is 0. The van der Waals surface area contributed by atoms with Crippen LogP contribution in [0.3, 0.4) is 0 Å². The van der Waals surface area contributed by atoms with Crippen molar-refractivity contribution in [1.82, 2.24) is 14.5 Å². The number of aromatic nitrogens is 3. The number of hydrogen-bond donors (Lipinski definition) is 0. The van der Waals surface area contributed by atoms with E-state index in [2.05, 4.69) is 9.97 Å². The zero-order valence-electron chi connectivity index (χ0n) is 10.7. The first-order chi connectivity index (χ1) is 9.42. The second kappa shape index (κ2) is 5.95. The minimum absolute atomic E-state index is 0.0764. The summed E-state index contributed by atoms with van der Waals surface area (Å²) in [4.78, 5) is 8.56. The van der Waals surface area contributed by atoms with Crippen LogP contribution in [-0.4, -0.2) is 27.4 Å². The molecule has 0 aliphatic carbocycles. The normalized spacial score (nSPS) is 19.5. The van der Waals surface area contributed by atoms with Gasteiger partial charge in [-0.1, -0.05) is 6.07 Å². The van der Waals surface area contributed by atoms with E-state index >= 15 is 0 Å². The third kappa shape index (κ3) is 3.19. The molecule has 19 heavy (non-hydrogen) atoms. The molecule has 0 radical (unpaired) electrons. The highest BCUT2D eigenvalue weighted by molar-refractivity contribution is 5.24. The molecular weight excluding hydrogens is 242 g/mol. The fraction of sp³-hybridized carbons (Fsp3) is 0.429. The fourth-order valence-electron chi connectivity index (χ4n) is 2.11. The Morgan fingerprint density at radius 2 is 2.37 bits per heavy atom. The monoisotopic (exact) mass is 259 g/mol. The molecule has 1 unspecified atom stereocenters. The van der Waals surface area contributed by atoms with Gasteiger partial charge in [0, 0.05) is 19.0 Å². The average molecular weight is 259 g/mol. The summed E-state index contributed by atoms with van der Waals surface area (Å²) in [6.45, 7) is 1.28. The molecule has 3 heterocycles. The number of imidazole rings is 1. The van der Waals surface area contributed by atoms with Crippen molar-refractivity contribution in [3.63, 3.8) is 0 Å². The predicted octanol–water partition coefficient (Wildman–Crippen LogP) is 2.31. The molecule has 0 amide bonds. The average Bonchev–Trinajstić information content (AvgIpc) is 3.01. The summed E-state index contributed by atoms with van der Waals surface area (Å²) < 4.78 is 13.1. The molecule has 1 fully saturated rings.